The molecule has 6 heteroatoms. The van der Waals surface area contributed by atoms with E-state index < -0.39 is 6.09 Å². The molecule has 0 spiro atoms. The summed E-state index contributed by atoms with van der Waals surface area (Å²) in [6.07, 6.45) is 4.01. The van der Waals surface area contributed by atoms with Gasteiger partial charge in [-0.25, -0.2) is 9.78 Å². The average Bonchev–Trinajstić information content (AvgIpc) is 2.80. The van der Waals surface area contributed by atoms with Crippen molar-refractivity contribution in [3.05, 3.63) is 30.7 Å². The lowest BCUT2D eigenvalue weighted by Crippen LogP contribution is -2.27. The van der Waals surface area contributed by atoms with Crippen molar-refractivity contribution in [2.45, 2.75) is 6.92 Å². The van der Waals surface area contributed by atoms with E-state index in [9.17, 15) is 4.79 Å². The SMILES string of the molecule is CCN(C(=O)O)c1cnc(-c2cccnc2)s1. The average molecular weight is 249 g/mol. The van der Waals surface area contributed by atoms with Gasteiger partial charge in [-0.15, -0.1) is 0 Å². The minimum Gasteiger partial charge on any atom is -0.465 e. The molecule has 0 saturated heterocycles. The molecule has 0 aliphatic rings. The zero-order valence-electron chi connectivity index (χ0n) is 9.20. The molecule has 0 aliphatic carbocycles. The van der Waals surface area contributed by atoms with Crippen LogP contribution in [-0.2, 0) is 0 Å². The summed E-state index contributed by atoms with van der Waals surface area (Å²) in [5.41, 5.74) is 0.894. The molecule has 88 valence electrons. The fraction of sp³-hybridized carbons (Fsp3) is 0.182. The van der Waals surface area contributed by atoms with Crippen LogP contribution in [0.5, 0.6) is 0 Å². The zero-order valence-corrected chi connectivity index (χ0v) is 10.0. The zero-order chi connectivity index (χ0) is 12.3. The van der Waals surface area contributed by atoms with Gasteiger partial charge in [-0.3, -0.25) is 9.88 Å². The number of hydrogen-bond donors (Lipinski definition) is 1. The van der Waals surface area contributed by atoms with E-state index in [2.05, 4.69) is 9.97 Å². The van der Waals surface area contributed by atoms with Crippen molar-refractivity contribution in [1.29, 1.82) is 0 Å². The highest BCUT2D eigenvalue weighted by atomic mass is 32.1. The number of carboxylic acid groups (broad SMARTS) is 1. The minimum atomic E-state index is -0.964. The second-order valence-corrected chi connectivity index (χ2v) is 4.28. The van der Waals surface area contributed by atoms with Gasteiger partial charge in [-0.1, -0.05) is 11.3 Å². The van der Waals surface area contributed by atoms with Crippen LogP contribution in [0.3, 0.4) is 0 Å². The van der Waals surface area contributed by atoms with Crippen LogP contribution >= 0.6 is 11.3 Å². The molecule has 0 radical (unpaired) electrons. The highest BCUT2D eigenvalue weighted by Crippen LogP contribution is 2.30. The molecule has 2 rings (SSSR count). The maximum absolute atomic E-state index is 11.0. The standard InChI is InChI=1S/C11H11N3O2S/c1-2-14(11(15)16)9-7-13-10(17-9)8-4-3-5-12-6-8/h3-7H,2H2,1H3,(H,15,16). The first-order valence-corrected chi connectivity index (χ1v) is 5.90. The summed E-state index contributed by atoms with van der Waals surface area (Å²) in [4.78, 5) is 20.4. The first-order valence-electron chi connectivity index (χ1n) is 5.09. The van der Waals surface area contributed by atoms with E-state index in [4.69, 9.17) is 5.11 Å². The van der Waals surface area contributed by atoms with Crippen LogP contribution < -0.4 is 4.90 Å². The van der Waals surface area contributed by atoms with Crippen LogP contribution in [0, 0.1) is 0 Å². The van der Waals surface area contributed by atoms with Gasteiger partial charge in [0, 0.05) is 24.5 Å². The Balaban J connectivity index is 2.30. The highest BCUT2D eigenvalue weighted by molar-refractivity contribution is 7.19. The summed E-state index contributed by atoms with van der Waals surface area (Å²) < 4.78 is 0. The molecule has 0 aliphatic heterocycles. The number of nitrogens with zero attached hydrogens (tertiary/aromatic N) is 3. The van der Waals surface area contributed by atoms with E-state index >= 15 is 0 Å². The number of thiazole rings is 1. The second kappa shape index (κ2) is 4.92. The molecular formula is C11H11N3O2S. The monoisotopic (exact) mass is 249 g/mol. The smallest absolute Gasteiger partial charge is 0.412 e. The summed E-state index contributed by atoms with van der Waals surface area (Å²) in [6, 6.07) is 3.72. The molecule has 1 N–H and O–H groups in total. The van der Waals surface area contributed by atoms with Crippen LogP contribution in [0.4, 0.5) is 9.80 Å². The number of hydrogen-bond acceptors (Lipinski definition) is 4. The van der Waals surface area contributed by atoms with Gasteiger partial charge in [-0.2, -0.15) is 0 Å². The Kier molecular flexibility index (Phi) is 3.34. The number of rotatable bonds is 3. The summed E-state index contributed by atoms with van der Waals surface area (Å²) in [5, 5.41) is 10.4. The predicted molar refractivity (Wildman–Crippen MR) is 66.4 cm³/mol. The number of aromatic nitrogens is 2. The Morgan fingerprint density at radius 1 is 1.53 bits per heavy atom. The summed E-state index contributed by atoms with van der Waals surface area (Å²) in [7, 11) is 0. The van der Waals surface area contributed by atoms with Crippen molar-refractivity contribution in [3.63, 3.8) is 0 Å². The molecule has 0 fully saturated rings. The highest BCUT2D eigenvalue weighted by Gasteiger charge is 2.15. The van der Waals surface area contributed by atoms with E-state index in [1.54, 1.807) is 25.5 Å². The van der Waals surface area contributed by atoms with Crippen molar-refractivity contribution in [3.8, 4) is 10.6 Å². The number of anilines is 1. The van der Waals surface area contributed by atoms with Gasteiger partial charge in [0.1, 0.15) is 10.0 Å². The molecule has 2 aromatic heterocycles. The van der Waals surface area contributed by atoms with Gasteiger partial charge in [-0.05, 0) is 19.1 Å². The Bertz CT molecular complexity index is 512. The third-order valence-electron chi connectivity index (χ3n) is 2.22. The van der Waals surface area contributed by atoms with Crippen LogP contribution in [0.2, 0.25) is 0 Å². The fourth-order valence-corrected chi connectivity index (χ4v) is 2.36. The lowest BCUT2D eigenvalue weighted by molar-refractivity contribution is 0.202. The van der Waals surface area contributed by atoms with E-state index in [-0.39, 0.29) is 0 Å². The van der Waals surface area contributed by atoms with Crippen LogP contribution in [0.25, 0.3) is 10.6 Å². The normalized spacial score (nSPS) is 10.2. The first-order chi connectivity index (χ1) is 8.22. The Morgan fingerprint density at radius 2 is 2.35 bits per heavy atom. The molecule has 0 unspecified atom stereocenters. The molecule has 0 atom stereocenters. The van der Waals surface area contributed by atoms with Crippen LogP contribution in [-0.4, -0.2) is 27.7 Å². The Hall–Kier alpha value is -1.95. The largest absolute Gasteiger partial charge is 0.465 e. The van der Waals surface area contributed by atoms with Gasteiger partial charge in [0.05, 0.1) is 6.20 Å². The molecule has 0 saturated carbocycles. The third kappa shape index (κ3) is 2.42. The molecule has 0 bridgehead atoms. The first kappa shape index (κ1) is 11.5. The Labute approximate surface area is 102 Å². The summed E-state index contributed by atoms with van der Waals surface area (Å²) in [5.74, 6) is 0. The molecule has 1 amide bonds. The van der Waals surface area contributed by atoms with E-state index in [1.165, 1.54) is 16.2 Å². The second-order valence-electron chi connectivity index (χ2n) is 3.27. The molecule has 2 heterocycles. The Morgan fingerprint density at radius 3 is 2.94 bits per heavy atom. The minimum absolute atomic E-state index is 0.407. The van der Waals surface area contributed by atoms with Crippen molar-refractivity contribution < 1.29 is 9.90 Å². The topological polar surface area (TPSA) is 66.3 Å². The van der Waals surface area contributed by atoms with Gasteiger partial charge in [0.2, 0.25) is 0 Å². The van der Waals surface area contributed by atoms with Crippen molar-refractivity contribution in [2.24, 2.45) is 0 Å². The van der Waals surface area contributed by atoms with Gasteiger partial charge in [0.25, 0.3) is 0 Å². The molecular weight excluding hydrogens is 238 g/mol. The van der Waals surface area contributed by atoms with Crippen LogP contribution in [0.1, 0.15) is 6.92 Å². The van der Waals surface area contributed by atoms with Gasteiger partial charge < -0.3 is 5.11 Å². The maximum atomic E-state index is 11.0. The third-order valence-corrected chi connectivity index (χ3v) is 3.28. The van der Waals surface area contributed by atoms with Crippen molar-refractivity contribution >= 4 is 22.4 Å². The van der Waals surface area contributed by atoms with E-state index in [0.717, 1.165) is 10.6 Å². The molecule has 2 aromatic rings. The molecule has 17 heavy (non-hydrogen) atoms. The number of carbonyl (C=O) groups is 1. The van der Waals surface area contributed by atoms with Crippen molar-refractivity contribution in [2.75, 3.05) is 11.4 Å². The van der Waals surface area contributed by atoms with Crippen molar-refractivity contribution in [1.82, 2.24) is 9.97 Å². The number of amides is 1. The lowest BCUT2D eigenvalue weighted by atomic mass is 10.3. The summed E-state index contributed by atoms with van der Waals surface area (Å²) in [6.45, 7) is 2.20. The fourth-order valence-electron chi connectivity index (χ4n) is 1.40. The van der Waals surface area contributed by atoms with Crippen LogP contribution in [0.15, 0.2) is 30.7 Å². The van der Waals surface area contributed by atoms with E-state index in [1.807, 2.05) is 12.1 Å². The van der Waals surface area contributed by atoms with Gasteiger partial charge >= 0.3 is 6.09 Å². The quantitative estimate of drug-likeness (QED) is 0.908. The molecule has 5 nitrogen and oxygen atoms in total. The molecule has 0 aromatic carbocycles. The maximum Gasteiger partial charge on any atom is 0.412 e. The lowest BCUT2D eigenvalue weighted by Gasteiger charge is -2.12. The van der Waals surface area contributed by atoms with Gasteiger partial charge in [0.15, 0.2) is 0 Å². The predicted octanol–water partition coefficient (Wildman–Crippen LogP) is 2.71. The number of pyridine rings is 1. The summed E-state index contributed by atoms with van der Waals surface area (Å²) >= 11 is 1.34. The van der Waals surface area contributed by atoms with E-state index in [0.29, 0.717) is 11.5 Å².